The molecule has 0 spiro atoms. The van der Waals surface area contributed by atoms with Gasteiger partial charge in [-0.15, -0.1) is 0 Å². The van der Waals surface area contributed by atoms with E-state index in [1.54, 1.807) is 30.8 Å². The molecule has 0 bridgehead atoms. The molecule has 78 valence electrons. The Bertz CT molecular complexity index is 431. The molecule has 1 atom stereocenters. The third-order valence-electron chi connectivity index (χ3n) is 1.92. The predicted molar refractivity (Wildman–Crippen MR) is 57.6 cm³/mol. The normalized spacial score (nSPS) is 12.7. The lowest BCUT2D eigenvalue weighted by Crippen LogP contribution is -2.30. The summed E-state index contributed by atoms with van der Waals surface area (Å²) in [5.41, 5.74) is 2.61. The number of nitrogens with one attached hydrogen (secondary N) is 1. The Morgan fingerprint density at radius 3 is 2.67 bits per heavy atom. The van der Waals surface area contributed by atoms with E-state index in [2.05, 4.69) is 31.3 Å². The van der Waals surface area contributed by atoms with E-state index in [1.165, 1.54) is 0 Å². The van der Waals surface area contributed by atoms with Crippen molar-refractivity contribution in [2.24, 2.45) is 5.84 Å². The highest BCUT2D eigenvalue weighted by molar-refractivity contribution is 9.10. The Morgan fingerprint density at radius 1 is 1.40 bits per heavy atom. The summed E-state index contributed by atoms with van der Waals surface area (Å²) in [6.45, 7) is 0. The summed E-state index contributed by atoms with van der Waals surface area (Å²) in [6.07, 6.45) is 4.89. The van der Waals surface area contributed by atoms with E-state index in [0.717, 1.165) is 4.47 Å². The number of furan rings is 1. The van der Waals surface area contributed by atoms with Gasteiger partial charge in [0.05, 0.1) is 10.7 Å². The highest BCUT2D eigenvalue weighted by Crippen LogP contribution is 2.26. The van der Waals surface area contributed by atoms with Gasteiger partial charge in [0.2, 0.25) is 0 Å². The van der Waals surface area contributed by atoms with Gasteiger partial charge in [0.1, 0.15) is 11.8 Å². The van der Waals surface area contributed by atoms with Gasteiger partial charge in [0, 0.05) is 12.4 Å². The van der Waals surface area contributed by atoms with E-state index in [1.807, 2.05) is 0 Å². The maximum absolute atomic E-state index is 5.45. The smallest absolute Gasteiger partial charge is 0.154 e. The van der Waals surface area contributed by atoms with Crippen molar-refractivity contribution in [1.29, 1.82) is 0 Å². The van der Waals surface area contributed by atoms with Gasteiger partial charge in [-0.1, -0.05) is 0 Å². The monoisotopic (exact) mass is 268 g/mol. The zero-order valence-corrected chi connectivity index (χ0v) is 9.31. The molecule has 0 saturated carbocycles. The fraction of sp³-hybridized carbons (Fsp3) is 0.111. The number of nitrogens with zero attached hydrogens (tertiary/aromatic N) is 2. The molecular formula is C9H9BrN4O. The van der Waals surface area contributed by atoms with Crippen LogP contribution in [-0.2, 0) is 0 Å². The molecule has 2 heterocycles. The Balaban J connectivity index is 2.37. The van der Waals surface area contributed by atoms with E-state index in [9.17, 15) is 0 Å². The van der Waals surface area contributed by atoms with E-state index >= 15 is 0 Å². The van der Waals surface area contributed by atoms with Crippen molar-refractivity contribution < 1.29 is 4.42 Å². The minimum atomic E-state index is -0.351. The predicted octanol–water partition coefficient (Wildman–Crippen LogP) is 1.38. The lowest BCUT2D eigenvalue weighted by atomic mass is 10.2. The van der Waals surface area contributed by atoms with Crippen molar-refractivity contribution in [3.63, 3.8) is 0 Å². The van der Waals surface area contributed by atoms with Crippen LogP contribution in [0.1, 0.15) is 17.6 Å². The van der Waals surface area contributed by atoms with Gasteiger partial charge < -0.3 is 4.42 Å². The molecule has 0 aliphatic heterocycles. The minimum absolute atomic E-state index is 0.351. The summed E-state index contributed by atoms with van der Waals surface area (Å²) in [5, 5.41) is 0. The van der Waals surface area contributed by atoms with Crippen molar-refractivity contribution in [3.05, 3.63) is 46.8 Å². The molecule has 15 heavy (non-hydrogen) atoms. The van der Waals surface area contributed by atoms with Crippen LogP contribution in [0.3, 0.4) is 0 Å². The number of halogens is 1. The molecule has 1 unspecified atom stereocenters. The van der Waals surface area contributed by atoms with Gasteiger partial charge in [-0.05, 0) is 28.1 Å². The molecule has 2 aromatic rings. The fourth-order valence-corrected chi connectivity index (χ4v) is 1.67. The van der Waals surface area contributed by atoms with Gasteiger partial charge in [-0.25, -0.2) is 15.4 Å². The maximum atomic E-state index is 5.45. The van der Waals surface area contributed by atoms with E-state index < -0.39 is 0 Å². The molecule has 0 radical (unpaired) electrons. The van der Waals surface area contributed by atoms with Crippen LogP contribution in [0.4, 0.5) is 0 Å². The molecule has 0 aliphatic carbocycles. The second kappa shape index (κ2) is 4.52. The van der Waals surface area contributed by atoms with Crippen molar-refractivity contribution >= 4 is 15.9 Å². The standard InChI is InChI=1S/C9H9BrN4O/c10-6-2-5-15-8(6)7(14-11)9-12-3-1-4-13-9/h1-5,7,14H,11H2. The molecule has 0 saturated heterocycles. The van der Waals surface area contributed by atoms with Crippen LogP contribution < -0.4 is 11.3 Å². The topological polar surface area (TPSA) is 77.0 Å². The minimum Gasteiger partial charge on any atom is -0.466 e. The summed E-state index contributed by atoms with van der Waals surface area (Å²) in [5.74, 6) is 6.68. The molecule has 3 N–H and O–H groups in total. The SMILES string of the molecule is NNC(c1ncccn1)c1occc1Br. The number of aromatic nitrogens is 2. The van der Waals surface area contributed by atoms with E-state index in [0.29, 0.717) is 11.6 Å². The zero-order valence-electron chi connectivity index (χ0n) is 7.72. The van der Waals surface area contributed by atoms with Crippen LogP contribution in [0.15, 0.2) is 39.7 Å². The lowest BCUT2D eigenvalue weighted by Gasteiger charge is -2.11. The first-order valence-corrected chi connectivity index (χ1v) is 5.08. The highest BCUT2D eigenvalue weighted by atomic mass is 79.9. The van der Waals surface area contributed by atoms with Crippen molar-refractivity contribution in [3.8, 4) is 0 Å². The van der Waals surface area contributed by atoms with E-state index in [4.69, 9.17) is 10.3 Å². The number of hydrogen-bond donors (Lipinski definition) is 2. The third kappa shape index (κ3) is 2.06. The van der Waals surface area contributed by atoms with Crippen LogP contribution >= 0.6 is 15.9 Å². The van der Waals surface area contributed by atoms with Crippen molar-refractivity contribution in [2.45, 2.75) is 6.04 Å². The third-order valence-corrected chi connectivity index (χ3v) is 2.57. The van der Waals surface area contributed by atoms with Gasteiger partial charge in [0.15, 0.2) is 5.82 Å². The molecular weight excluding hydrogens is 260 g/mol. The van der Waals surface area contributed by atoms with Gasteiger partial charge in [0.25, 0.3) is 0 Å². The number of hydrazine groups is 1. The van der Waals surface area contributed by atoms with Crippen LogP contribution in [0.5, 0.6) is 0 Å². The Hall–Kier alpha value is -1.24. The van der Waals surface area contributed by atoms with Gasteiger partial charge >= 0.3 is 0 Å². The van der Waals surface area contributed by atoms with Gasteiger partial charge in [-0.3, -0.25) is 5.84 Å². The number of rotatable bonds is 3. The molecule has 0 fully saturated rings. The number of hydrogen-bond acceptors (Lipinski definition) is 5. The molecule has 6 heteroatoms. The maximum Gasteiger partial charge on any atom is 0.154 e. The summed E-state index contributed by atoms with van der Waals surface area (Å²) >= 11 is 3.36. The first-order valence-electron chi connectivity index (χ1n) is 4.29. The molecule has 5 nitrogen and oxygen atoms in total. The second-order valence-corrected chi connectivity index (χ2v) is 3.69. The summed E-state index contributed by atoms with van der Waals surface area (Å²) in [7, 11) is 0. The Kier molecular flexibility index (Phi) is 3.10. The fourth-order valence-electron chi connectivity index (χ4n) is 1.24. The molecule has 0 amide bonds. The molecule has 2 aromatic heterocycles. The van der Waals surface area contributed by atoms with Gasteiger partial charge in [-0.2, -0.15) is 0 Å². The zero-order chi connectivity index (χ0) is 10.7. The average Bonchev–Trinajstić information content (AvgIpc) is 2.68. The average molecular weight is 269 g/mol. The second-order valence-electron chi connectivity index (χ2n) is 2.84. The van der Waals surface area contributed by atoms with E-state index in [-0.39, 0.29) is 6.04 Å². The summed E-state index contributed by atoms with van der Waals surface area (Å²) in [6, 6.07) is 3.19. The highest BCUT2D eigenvalue weighted by Gasteiger charge is 2.20. The summed E-state index contributed by atoms with van der Waals surface area (Å²) < 4.78 is 6.13. The quantitative estimate of drug-likeness (QED) is 0.650. The largest absolute Gasteiger partial charge is 0.466 e. The Morgan fingerprint density at radius 2 is 2.13 bits per heavy atom. The van der Waals surface area contributed by atoms with Crippen molar-refractivity contribution in [2.75, 3.05) is 0 Å². The van der Waals surface area contributed by atoms with Crippen LogP contribution in [0.25, 0.3) is 0 Å². The Labute approximate surface area is 94.8 Å². The van der Waals surface area contributed by atoms with Crippen LogP contribution in [0.2, 0.25) is 0 Å². The molecule has 2 rings (SSSR count). The first-order chi connectivity index (χ1) is 7.33. The lowest BCUT2D eigenvalue weighted by molar-refractivity contribution is 0.439. The van der Waals surface area contributed by atoms with Crippen LogP contribution in [0, 0.1) is 0 Å². The van der Waals surface area contributed by atoms with Crippen molar-refractivity contribution in [1.82, 2.24) is 15.4 Å². The summed E-state index contributed by atoms with van der Waals surface area (Å²) in [4.78, 5) is 8.23. The molecule has 0 aliphatic rings. The molecule has 0 aromatic carbocycles. The first kappa shape index (κ1) is 10.3. The number of nitrogens with two attached hydrogens (primary N) is 1. The van der Waals surface area contributed by atoms with Crippen LogP contribution in [-0.4, -0.2) is 9.97 Å².